The maximum Gasteiger partial charge on any atom is 0.268 e. The Kier molecular flexibility index (Phi) is 5.30. The molecule has 180 valence electrons. The van der Waals surface area contributed by atoms with Gasteiger partial charge in [-0.1, -0.05) is 6.07 Å². The van der Waals surface area contributed by atoms with Crippen molar-refractivity contribution < 1.29 is 17.2 Å². The molecule has 4 aromatic rings. The van der Waals surface area contributed by atoms with E-state index in [2.05, 4.69) is 15.3 Å². The number of benzene rings is 2. The van der Waals surface area contributed by atoms with Crippen molar-refractivity contribution >= 4 is 10.0 Å². The van der Waals surface area contributed by atoms with E-state index in [-0.39, 0.29) is 24.1 Å². The van der Waals surface area contributed by atoms with Gasteiger partial charge >= 0.3 is 0 Å². The van der Waals surface area contributed by atoms with Gasteiger partial charge in [0.15, 0.2) is 5.69 Å². The van der Waals surface area contributed by atoms with E-state index in [4.69, 9.17) is 4.42 Å². The van der Waals surface area contributed by atoms with Crippen molar-refractivity contribution in [3.63, 3.8) is 0 Å². The van der Waals surface area contributed by atoms with Gasteiger partial charge in [-0.05, 0) is 73.2 Å². The molecule has 2 aromatic carbocycles. The van der Waals surface area contributed by atoms with Gasteiger partial charge in [0, 0.05) is 43.4 Å². The average molecular weight is 494 g/mol. The summed E-state index contributed by atoms with van der Waals surface area (Å²) in [6.45, 7) is 0.544. The molecule has 10 heteroatoms. The van der Waals surface area contributed by atoms with Crippen LogP contribution in [0.3, 0.4) is 0 Å². The lowest BCUT2D eigenvalue weighted by atomic mass is 9.92. The molecule has 0 spiro atoms. The fourth-order valence-corrected chi connectivity index (χ4v) is 6.45. The van der Waals surface area contributed by atoms with Crippen molar-refractivity contribution in [3.8, 4) is 23.0 Å². The number of nitrogens with zero attached hydrogens (tertiary/aromatic N) is 5. The third kappa shape index (κ3) is 3.86. The summed E-state index contributed by atoms with van der Waals surface area (Å²) in [4.78, 5) is 0.337. The highest BCUT2D eigenvalue weighted by Gasteiger charge is 2.34. The van der Waals surface area contributed by atoms with Crippen LogP contribution in [0.5, 0.6) is 0 Å². The monoisotopic (exact) mass is 493 g/mol. The van der Waals surface area contributed by atoms with E-state index in [1.165, 1.54) is 22.0 Å². The zero-order chi connectivity index (χ0) is 24.2. The predicted molar refractivity (Wildman–Crippen MR) is 126 cm³/mol. The molecule has 0 bridgehead atoms. The van der Waals surface area contributed by atoms with Crippen LogP contribution in [0.1, 0.15) is 35.2 Å². The molecule has 8 nitrogen and oxygen atoms in total. The van der Waals surface area contributed by atoms with E-state index in [1.54, 1.807) is 22.9 Å². The molecule has 3 heterocycles. The van der Waals surface area contributed by atoms with Crippen LogP contribution in [-0.4, -0.2) is 39.2 Å². The van der Waals surface area contributed by atoms with Crippen LogP contribution in [0.15, 0.2) is 51.8 Å². The maximum atomic E-state index is 13.6. The zero-order valence-electron chi connectivity index (χ0n) is 19.2. The Morgan fingerprint density at radius 3 is 2.49 bits per heavy atom. The number of sulfonamides is 1. The molecule has 35 heavy (non-hydrogen) atoms. The van der Waals surface area contributed by atoms with Gasteiger partial charge in [0.05, 0.1) is 4.90 Å². The Morgan fingerprint density at radius 2 is 1.69 bits per heavy atom. The largest absolute Gasteiger partial charge is 0.415 e. The van der Waals surface area contributed by atoms with Crippen molar-refractivity contribution in [2.45, 2.75) is 43.5 Å². The molecule has 6 rings (SSSR count). The Bertz CT molecular complexity index is 1530. The van der Waals surface area contributed by atoms with Crippen molar-refractivity contribution in [1.29, 1.82) is 0 Å². The van der Waals surface area contributed by atoms with E-state index in [0.29, 0.717) is 29.1 Å². The summed E-state index contributed by atoms with van der Waals surface area (Å²) >= 11 is 0. The molecule has 1 aliphatic carbocycles. The van der Waals surface area contributed by atoms with Crippen LogP contribution in [0.2, 0.25) is 0 Å². The van der Waals surface area contributed by atoms with E-state index in [0.717, 1.165) is 42.5 Å². The predicted octanol–water partition coefficient (Wildman–Crippen LogP) is 3.90. The normalized spacial score (nSPS) is 16.2. The number of hydrogen-bond acceptors (Lipinski definition) is 6. The third-order valence-electron chi connectivity index (χ3n) is 6.88. The molecule has 0 amide bonds. The smallest absolute Gasteiger partial charge is 0.268 e. The Labute approximate surface area is 202 Å². The SMILES string of the molecule is Cn1nc(-c2nnc(-c3ccc(F)cc3)o2)c2c1CCN(S(=O)(=O)c1ccc3c(c1)CCCC3)C2. The number of fused-ring (bicyclic) bond motifs is 2. The zero-order valence-corrected chi connectivity index (χ0v) is 20.1. The second-order valence-electron chi connectivity index (χ2n) is 9.04. The van der Waals surface area contributed by atoms with Gasteiger partial charge in [0.1, 0.15) is 5.82 Å². The molecule has 0 N–H and O–H groups in total. The molecule has 1 aliphatic heterocycles. The second-order valence-corrected chi connectivity index (χ2v) is 11.0. The van der Waals surface area contributed by atoms with Crippen molar-refractivity contribution in [2.24, 2.45) is 7.05 Å². The lowest BCUT2D eigenvalue weighted by Crippen LogP contribution is -2.36. The first-order valence-electron chi connectivity index (χ1n) is 11.7. The summed E-state index contributed by atoms with van der Waals surface area (Å²) in [7, 11) is -1.85. The van der Waals surface area contributed by atoms with Crippen LogP contribution in [-0.2, 0) is 42.9 Å². The fourth-order valence-electron chi connectivity index (χ4n) is 4.99. The fraction of sp³-hybridized carbons (Fsp3) is 0.320. The summed E-state index contributed by atoms with van der Waals surface area (Å²) in [6.07, 6.45) is 4.69. The van der Waals surface area contributed by atoms with Gasteiger partial charge < -0.3 is 4.42 Å². The Hall–Kier alpha value is -3.37. The lowest BCUT2D eigenvalue weighted by molar-refractivity contribution is 0.386. The quantitative estimate of drug-likeness (QED) is 0.428. The van der Waals surface area contributed by atoms with Gasteiger partial charge in [0.25, 0.3) is 5.89 Å². The lowest BCUT2D eigenvalue weighted by Gasteiger charge is -2.27. The van der Waals surface area contributed by atoms with Crippen LogP contribution >= 0.6 is 0 Å². The average Bonchev–Trinajstić information content (AvgIpc) is 3.49. The highest BCUT2D eigenvalue weighted by Crippen LogP contribution is 2.33. The summed E-state index contributed by atoms with van der Waals surface area (Å²) < 4.78 is 49.5. The summed E-state index contributed by atoms with van der Waals surface area (Å²) in [5.74, 6) is 0.0930. The molecule has 2 aliphatic rings. The van der Waals surface area contributed by atoms with E-state index in [9.17, 15) is 12.8 Å². The van der Waals surface area contributed by atoms with Crippen LogP contribution in [0.4, 0.5) is 4.39 Å². The molecular formula is C25H24FN5O3S. The standard InChI is InChI=1S/C25H24FN5O3S/c1-30-22-12-13-31(35(32,33)20-11-8-16-4-2-3-5-18(16)14-20)15-21(22)23(29-30)25-28-27-24(34-25)17-6-9-19(26)10-7-17/h6-11,14H,2-5,12-13,15H2,1H3. The summed E-state index contributed by atoms with van der Waals surface area (Å²) in [6, 6.07) is 11.3. The highest BCUT2D eigenvalue weighted by molar-refractivity contribution is 7.89. The van der Waals surface area contributed by atoms with E-state index < -0.39 is 10.0 Å². The number of halogens is 1. The van der Waals surface area contributed by atoms with E-state index in [1.807, 2.05) is 19.2 Å². The molecule has 0 saturated carbocycles. The molecule has 0 saturated heterocycles. The van der Waals surface area contributed by atoms with Gasteiger partial charge in [0.2, 0.25) is 15.9 Å². The molecule has 0 radical (unpaired) electrons. The van der Waals surface area contributed by atoms with E-state index >= 15 is 0 Å². The number of rotatable bonds is 4. The number of aryl methyl sites for hydroxylation is 3. The van der Waals surface area contributed by atoms with Crippen molar-refractivity contribution in [3.05, 3.63) is 70.7 Å². The van der Waals surface area contributed by atoms with Crippen LogP contribution < -0.4 is 0 Å². The molecule has 0 unspecified atom stereocenters. The molecular weight excluding hydrogens is 469 g/mol. The number of hydrogen-bond donors (Lipinski definition) is 0. The Balaban J connectivity index is 1.32. The van der Waals surface area contributed by atoms with Gasteiger partial charge in [-0.3, -0.25) is 4.68 Å². The number of aromatic nitrogens is 4. The topological polar surface area (TPSA) is 94.1 Å². The minimum atomic E-state index is -3.68. The van der Waals surface area contributed by atoms with Crippen molar-refractivity contribution in [2.75, 3.05) is 6.54 Å². The van der Waals surface area contributed by atoms with Crippen LogP contribution in [0, 0.1) is 5.82 Å². The first kappa shape index (κ1) is 22.1. The minimum Gasteiger partial charge on any atom is -0.415 e. The van der Waals surface area contributed by atoms with Gasteiger partial charge in [-0.15, -0.1) is 10.2 Å². The van der Waals surface area contributed by atoms with Gasteiger partial charge in [-0.2, -0.15) is 9.40 Å². The summed E-state index contributed by atoms with van der Waals surface area (Å²) in [5, 5.41) is 12.8. The Morgan fingerprint density at radius 1 is 0.943 bits per heavy atom. The van der Waals surface area contributed by atoms with Gasteiger partial charge in [-0.25, -0.2) is 12.8 Å². The van der Waals surface area contributed by atoms with Crippen molar-refractivity contribution in [1.82, 2.24) is 24.3 Å². The third-order valence-corrected chi connectivity index (χ3v) is 8.72. The second kappa shape index (κ2) is 8.39. The molecule has 0 fully saturated rings. The van der Waals surface area contributed by atoms with Crippen LogP contribution in [0.25, 0.3) is 23.0 Å². The molecule has 0 atom stereocenters. The minimum absolute atomic E-state index is 0.173. The maximum absolute atomic E-state index is 13.6. The summed E-state index contributed by atoms with van der Waals surface area (Å²) in [5.41, 5.74) is 5.14. The first-order chi connectivity index (χ1) is 16.9. The first-order valence-corrected chi connectivity index (χ1v) is 13.1. The molecule has 2 aromatic heterocycles. The highest BCUT2D eigenvalue weighted by atomic mass is 32.2.